The fraction of sp³-hybridized carbons (Fsp3) is 0.200. The van der Waals surface area contributed by atoms with Gasteiger partial charge in [0.25, 0.3) is 5.91 Å². The quantitative estimate of drug-likeness (QED) is 0.799. The number of hydrogen-bond donors (Lipinski definition) is 1. The molecule has 0 aliphatic carbocycles. The fourth-order valence-electron chi connectivity index (χ4n) is 3.14. The molecule has 0 saturated carbocycles. The van der Waals surface area contributed by atoms with Gasteiger partial charge in [0.2, 0.25) is 0 Å². The van der Waals surface area contributed by atoms with E-state index in [1.807, 2.05) is 48.5 Å². The van der Waals surface area contributed by atoms with E-state index in [-0.39, 0.29) is 5.91 Å². The molecule has 3 aromatic rings. The monoisotopic (exact) mass is 333 g/mol. The van der Waals surface area contributed by atoms with Gasteiger partial charge in [0.05, 0.1) is 35.7 Å². The molecular weight excluding hydrogens is 314 g/mol. The summed E-state index contributed by atoms with van der Waals surface area (Å²) < 4.78 is 5.42. The zero-order valence-electron chi connectivity index (χ0n) is 13.8. The van der Waals surface area contributed by atoms with E-state index < -0.39 is 0 Å². The summed E-state index contributed by atoms with van der Waals surface area (Å²) in [6.45, 7) is 3.06. The highest BCUT2D eigenvalue weighted by Crippen LogP contribution is 2.27. The molecule has 1 aromatic heterocycles. The van der Waals surface area contributed by atoms with E-state index >= 15 is 0 Å². The Hall–Kier alpha value is -2.92. The highest BCUT2D eigenvalue weighted by Gasteiger charge is 2.17. The molecule has 0 spiro atoms. The first-order valence-electron chi connectivity index (χ1n) is 8.40. The van der Waals surface area contributed by atoms with Gasteiger partial charge in [-0.3, -0.25) is 9.78 Å². The largest absolute Gasteiger partial charge is 0.378 e. The van der Waals surface area contributed by atoms with Crippen LogP contribution < -0.4 is 10.2 Å². The van der Waals surface area contributed by atoms with E-state index in [4.69, 9.17) is 4.74 Å². The van der Waals surface area contributed by atoms with E-state index in [2.05, 4.69) is 15.2 Å². The Morgan fingerprint density at radius 3 is 2.64 bits per heavy atom. The van der Waals surface area contributed by atoms with Crippen molar-refractivity contribution in [3.8, 4) is 0 Å². The third-order valence-corrected chi connectivity index (χ3v) is 4.40. The van der Waals surface area contributed by atoms with Crippen molar-refractivity contribution in [2.75, 3.05) is 36.5 Å². The second-order valence-corrected chi connectivity index (χ2v) is 5.95. The number of hydrogen-bond acceptors (Lipinski definition) is 4. The number of pyridine rings is 1. The number of nitrogens with zero attached hydrogens (tertiary/aromatic N) is 2. The fourth-order valence-corrected chi connectivity index (χ4v) is 3.14. The molecule has 0 bridgehead atoms. The van der Waals surface area contributed by atoms with E-state index in [0.717, 1.165) is 35.4 Å². The predicted octanol–water partition coefficient (Wildman–Crippen LogP) is 3.32. The molecule has 0 unspecified atom stereocenters. The topological polar surface area (TPSA) is 54.5 Å². The lowest BCUT2D eigenvalue weighted by Gasteiger charge is -2.30. The highest BCUT2D eigenvalue weighted by atomic mass is 16.5. The van der Waals surface area contributed by atoms with Crippen LogP contribution in [0.3, 0.4) is 0 Å². The SMILES string of the molecule is O=C(Nc1ccccc1N1CCOCC1)c1ccnc2ccccc12. The van der Waals surface area contributed by atoms with Crippen LogP contribution in [0.25, 0.3) is 10.9 Å². The first-order chi connectivity index (χ1) is 12.3. The lowest BCUT2D eigenvalue weighted by atomic mass is 10.1. The zero-order chi connectivity index (χ0) is 17.1. The maximum absolute atomic E-state index is 12.9. The van der Waals surface area contributed by atoms with E-state index in [9.17, 15) is 4.79 Å². The van der Waals surface area contributed by atoms with Gasteiger partial charge in [0.1, 0.15) is 0 Å². The Bertz CT molecular complexity index is 899. The van der Waals surface area contributed by atoms with Gasteiger partial charge in [-0.15, -0.1) is 0 Å². The number of fused-ring (bicyclic) bond motifs is 1. The van der Waals surface area contributed by atoms with Crippen molar-refractivity contribution in [1.29, 1.82) is 0 Å². The van der Waals surface area contributed by atoms with E-state index in [1.54, 1.807) is 12.3 Å². The molecule has 1 aliphatic rings. The summed E-state index contributed by atoms with van der Waals surface area (Å²) in [7, 11) is 0. The lowest BCUT2D eigenvalue weighted by molar-refractivity contribution is 0.102. The maximum Gasteiger partial charge on any atom is 0.256 e. The summed E-state index contributed by atoms with van der Waals surface area (Å²) in [6.07, 6.45) is 1.67. The first kappa shape index (κ1) is 15.6. The van der Waals surface area contributed by atoms with Crippen molar-refractivity contribution in [1.82, 2.24) is 4.98 Å². The number of anilines is 2. The van der Waals surface area contributed by atoms with E-state index in [1.165, 1.54) is 0 Å². The summed E-state index contributed by atoms with van der Waals surface area (Å²) >= 11 is 0. The number of benzene rings is 2. The van der Waals surface area contributed by atoms with Crippen LogP contribution in [0.1, 0.15) is 10.4 Å². The number of morpholine rings is 1. The third kappa shape index (κ3) is 3.19. The van der Waals surface area contributed by atoms with Crippen LogP contribution in [-0.4, -0.2) is 37.2 Å². The maximum atomic E-state index is 12.9. The van der Waals surface area contributed by atoms with Crippen molar-refractivity contribution in [2.45, 2.75) is 0 Å². The minimum Gasteiger partial charge on any atom is -0.378 e. The molecule has 1 N–H and O–H groups in total. The Labute approximate surface area is 146 Å². The normalized spacial score (nSPS) is 14.5. The number of carbonyl (C=O) groups is 1. The van der Waals surface area contributed by atoms with Crippen molar-refractivity contribution in [3.63, 3.8) is 0 Å². The summed E-state index contributed by atoms with van der Waals surface area (Å²) in [5, 5.41) is 3.92. The van der Waals surface area contributed by atoms with Gasteiger partial charge in [-0.2, -0.15) is 0 Å². The van der Waals surface area contributed by atoms with Crippen LogP contribution in [0.2, 0.25) is 0 Å². The van der Waals surface area contributed by atoms with Crippen LogP contribution in [0.15, 0.2) is 60.8 Å². The number of amides is 1. The Balaban J connectivity index is 1.65. The molecule has 1 aliphatic heterocycles. The Kier molecular flexibility index (Phi) is 4.31. The first-order valence-corrected chi connectivity index (χ1v) is 8.40. The summed E-state index contributed by atoms with van der Waals surface area (Å²) in [6, 6.07) is 17.3. The number of aromatic nitrogens is 1. The van der Waals surface area contributed by atoms with Gasteiger partial charge < -0.3 is 15.0 Å². The standard InChI is InChI=1S/C20H19N3O2/c24-20(16-9-10-21-17-6-2-1-5-15(16)17)22-18-7-3-4-8-19(18)23-11-13-25-14-12-23/h1-10H,11-14H2,(H,22,24). The smallest absolute Gasteiger partial charge is 0.256 e. The molecule has 4 rings (SSSR count). The van der Waals surface area contributed by atoms with Crippen molar-refractivity contribution < 1.29 is 9.53 Å². The Morgan fingerprint density at radius 1 is 1.00 bits per heavy atom. The number of nitrogens with one attached hydrogen (secondary N) is 1. The summed E-state index contributed by atoms with van der Waals surface area (Å²) in [5.74, 6) is -0.126. The molecule has 1 saturated heterocycles. The minimum absolute atomic E-state index is 0.126. The second kappa shape index (κ2) is 6.91. The van der Waals surface area contributed by atoms with Crippen LogP contribution >= 0.6 is 0 Å². The molecule has 5 nitrogen and oxygen atoms in total. The lowest BCUT2D eigenvalue weighted by Crippen LogP contribution is -2.36. The molecule has 126 valence electrons. The number of rotatable bonds is 3. The van der Waals surface area contributed by atoms with Gasteiger partial charge >= 0.3 is 0 Å². The highest BCUT2D eigenvalue weighted by molar-refractivity contribution is 6.13. The summed E-state index contributed by atoms with van der Waals surface area (Å²) in [5.41, 5.74) is 3.28. The van der Waals surface area contributed by atoms with Crippen LogP contribution in [0, 0.1) is 0 Å². The van der Waals surface area contributed by atoms with Gasteiger partial charge in [0, 0.05) is 24.7 Å². The second-order valence-electron chi connectivity index (χ2n) is 5.95. The molecule has 0 radical (unpaired) electrons. The third-order valence-electron chi connectivity index (χ3n) is 4.40. The van der Waals surface area contributed by atoms with Crippen LogP contribution in [0.4, 0.5) is 11.4 Å². The van der Waals surface area contributed by atoms with Gasteiger partial charge in [-0.05, 0) is 24.3 Å². The molecule has 1 amide bonds. The number of ether oxygens (including phenoxy) is 1. The van der Waals surface area contributed by atoms with Gasteiger partial charge in [-0.25, -0.2) is 0 Å². The molecule has 25 heavy (non-hydrogen) atoms. The van der Waals surface area contributed by atoms with Crippen molar-refractivity contribution in [3.05, 3.63) is 66.4 Å². The Morgan fingerprint density at radius 2 is 1.76 bits per heavy atom. The van der Waals surface area contributed by atoms with Crippen molar-refractivity contribution in [2.24, 2.45) is 0 Å². The molecule has 1 fully saturated rings. The molecule has 2 heterocycles. The molecule has 5 heteroatoms. The average molecular weight is 333 g/mol. The minimum atomic E-state index is -0.126. The zero-order valence-corrected chi connectivity index (χ0v) is 13.8. The van der Waals surface area contributed by atoms with E-state index in [0.29, 0.717) is 18.8 Å². The predicted molar refractivity (Wildman–Crippen MR) is 99.2 cm³/mol. The molecule has 0 atom stereocenters. The molecular formula is C20H19N3O2. The van der Waals surface area contributed by atoms with Crippen LogP contribution in [0.5, 0.6) is 0 Å². The van der Waals surface area contributed by atoms with Crippen LogP contribution in [-0.2, 0) is 4.74 Å². The molecule has 2 aromatic carbocycles. The summed E-state index contributed by atoms with van der Waals surface area (Å²) in [4.78, 5) is 19.4. The number of para-hydroxylation sites is 3. The van der Waals surface area contributed by atoms with Crippen molar-refractivity contribution >= 4 is 28.2 Å². The average Bonchev–Trinajstić information content (AvgIpc) is 2.68. The number of carbonyl (C=O) groups excluding carboxylic acids is 1. The van der Waals surface area contributed by atoms with Gasteiger partial charge in [0.15, 0.2) is 0 Å². The van der Waals surface area contributed by atoms with Gasteiger partial charge in [-0.1, -0.05) is 30.3 Å².